The number of hydrogen-bond acceptors (Lipinski definition) is 4. The molecule has 0 atom stereocenters. The molecule has 0 bridgehead atoms. The largest absolute Gasteiger partial charge is 0.353 e. The molecule has 0 amide bonds. The van der Waals surface area contributed by atoms with E-state index in [1.54, 1.807) is 25.1 Å². The van der Waals surface area contributed by atoms with Gasteiger partial charge in [-0.3, -0.25) is 0 Å². The molecule has 4 nitrogen and oxygen atoms in total. The molecule has 0 aliphatic rings. The first kappa shape index (κ1) is 10.7. The summed E-state index contributed by atoms with van der Waals surface area (Å²) in [6, 6.07) is 6.53. The monoisotopic (exact) mass is 214 g/mol. The molecule has 0 spiro atoms. The van der Waals surface area contributed by atoms with E-state index in [1.165, 1.54) is 6.07 Å². The second-order valence-corrected chi connectivity index (χ2v) is 4.52. The molecule has 0 aliphatic carbocycles. The third-order valence-electron chi connectivity index (χ3n) is 1.48. The average Bonchev–Trinajstić information content (AvgIpc) is 2.01. The van der Waals surface area contributed by atoms with Gasteiger partial charge in [0, 0.05) is 0 Å². The van der Waals surface area contributed by atoms with Gasteiger partial charge in [0.2, 0.25) is 0 Å². The number of carbonyl (C=O) groups excluding carboxylic acids is 1. The zero-order valence-corrected chi connectivity index (χ0v) is 8.67. The summed E-state index contributed by atoms with van der Waals surface area (Å²) in [4.78, 5) is 11.2. The van der Waals surface area contributed by atoms with E-state index < -0.39 is 16.1 Å². The number of benzene rings is 1. The molecular formula is C9H10O4S. The minimum atomic E-state index is -3.73. The van der Waals surface area contributed by atoms with Crippen LogP contribution in [0, 0.1) is 6.92 Å². The van der Waals surface area contributed by atoms with Crippen LogP contribution in [0.4, 0.5) is 0 Å². The van der Waals surface area contributed by atoms with Gasteiger partial charge in [-0.05, 0) is 19.1 Å². The number of carbonyl (C=O) groups is 1. The van der Waals surface area contributed by atoms with Crippen molar-refractivity contribution in [3.8, 4) is 0 Å². The van der Waals surface area contributed by atoms with Crippen LogP contribution in [0.25, 0.3) is 0 Å². The van der Waals surface area contributed by atoms with Crippen LogP contribution in [-0.4, -0.2) is 20.6 Å². The van der Waals surface area contributed by atoms with Gasteiger partial charge < -0.3 is 4.18 Å². The highest BCUT2D eigenvalue weighted by atomic mass is 32.2. The van der Waals surface area contributed by atoms with Crippen LogP contribution in [0.3, 0.4) is 0 Å². The molecule has 5 heteroatoms. The molecule has 0 radical (unpaired) electrons. The maximum atomic E-state index is 11.2. The third kappa shape index (κ3) is 3.18. The van der Waals surface area contributed by atoms with Crippen LogP contribution < -0.4 is 0 Å². The lowest BCUT2D eigenvalue weighted by Gasteiger charge is -2.01. The number of hydrogen-bond donors (Lipinski definition) is 0. The van der Waals surface area contributed by atoms with Gasteiger partial charge >= 0.3 is 16.1 Å². The molecule has 0 aliphatic heterocycles. The fourth-order valence-electron chi connectivity index (χ4n) is 0.958. The van der Waals surface area contributed by atoms with E-state index in [2.05, 4.69) is 4.18 Å². The molecule has 1 rings (SSSR count). The van der Waals surface area contributed by atoms with E-state index in [0.29, 0.717) is 0 Å². The Balaban J connectivity index is 2.91. The maximum Gasteiger partial charge on any atom is 0.353 e. The van der Waals surface area contributed by atoms with Crippen molar-refractivity contribution in [3.63, 3.8) is 0 Å². The summed E-state index contributed by atoms with van der Waals surface area (Å²) in [5.74, 6) is -0.851. The van der Waals surface area contributed by atoms with Crippen LogP contribution in [0.15, 0.2) is 24.3 Å². The van der Waals surface area contributed by atoms with Crippen molar-refractivity contribution in [1.82, 2.24) is 0 Å². The standard InChI is InChI=1S/C9H10O4S/c1-7-4-3-5-8(6-7)9(10)13-14(2,11)12/h3-6H,1-2H3. The zero-order valence-electron chi connectivity index (χ0n) is 7.85. The van der Waals surface area contributed by atoms with Gasteiger partial charge in [-0.15, -0.1) is 0 Å². The van der Waals surface area contributed by atoms with Gasteiger partial charge in [0.05, 0.1) is 11.8 Å². The quantitative estimate of drug-likeness (QED) is 0.692. The lowest BCUT2D eigenvalue weighted by atomic mass is 10.1. The minimum absolute atomic E-state index is 0.232. The smallest absolute Gasteiger partial charge is 0.341 e. The van der Waals surface area contributed by atoms with Crippen LogP contribution in [0.5, 0.6) is 0 Å². The van der Waals surface area contributed by atoms with Crippen molar-refractivity contribution in [2.24, 2.45) is 0 Å². The molecular weight excluding hydrogens is 204 g/mol. The van der Waals surface area contributed by atoms with Crippen LogP contribution in [0.2, 0.25) is 0 Å². The molecule has 1 aromatic carbocycles. The van der Waals surface area contributed by atoms with Gasteiger partial charge in [-0.1, -0.05) is 17.7 Å². The molecule has 0 aromatic heterocycles. The van der Waals surface area contributed by atoms with Gasteiger partial charge in [0.15, 0.2) is 0 Å². The zero-order chi connectivity index (χ0) is 10.8. The molecule has 0 N–H and O–H groups in total. The Labute approximate surface area is 82.6 Å². The minimum Gasteiger partial charge on any atom is -0.341 e. The molecule has 0 saturated carbocycles. The summed E-state index contributed by atoms with van der Waals surface area (Å²) in [6.45, 7) is 1.80. The first-order valence-corrected chi connectivity index (χ1v) is 5.70. The Kier molecular flexibility index (Phi) is 2.90. The molecule has 0 unspecified atom stereocenters. The van der Waals surface area contributed by atoms with Crippen molar-refractivity contribution >= 4 is 16.1 Å². The van der Waals surface area contributed by atoms with E-state index in [4.69, 9.17) is 0 Å². The highest BCUT2D eigenvalue weighted by molar-refractivity contribution is 7.86. The Morgan fingerprint density at radius 3 is 2.50 bits per heavy atom. The number of rotatable bonds is 2. The molecule has 0 saturated heterocycles. The summed E-state index contributed by atoms with van der Waals surface area (Å²) >= 11 is 0. The summed E-state index contributed by atoms with van der Waals surface area (Å²) in [7, 11) is -3.73. The Morgan fingerprint density at radius 2 is 2.00 bits per heavy atom. The van der Waals surface area contributed by atoms with E-state index in [0.717, 1.165) is 11.8 Å². The highest BCUT2D eigenvalue weighted by Gasteiger charge is 2.12. The summed E-state index contributed by atoms with van der Waals surface area (Å²) in [6.07, 6.45) is 0.834. The summed E-state index contributed by atoms with van der Waals surface area (Å²) < 4.78 is 25.5. The second kappa shape index (κ2) is 3.79. The van der Waals surface area contributed by atoms with Gasteiger partial charge in [0.25, 0.3) is 0 Å². The molecule has 14 heavy (non-hydrogen) atoms. The van der Waals surface area contributed by atoms with E-state index in [1.807, 2.05) is 0 Å². The predicted octanol–water partition coefficient (Wildman–Crippen LogP) is 1.11. The first-order valence-electron chi connectivity index (χ1n) is 3.89. The van der Waals surface area contributed by atoms with Crippen LogP contribution in [-0.2, 0) is 14.3 Å². The fourth-order valence-corrected chi connectivity index (χ4v) is 1.33. The van der Waals surface area contributed by atoms with Crippen molar-refractivity contribution in [2.45, 2.75) is 6.92 Å². The molecule has 0 fully saturated rings. The summed E-state index contributed by atoms with van der Waals surface area (Å²) in [5.41, 5.74) is 1.10. The third-order valence-corrected chi connectivity index (χ3v) is 1.93. The van der Waals surface area contributed by atoms with Gasteiger partial charge in [0.1, 0.15) is 0 Å². The Hall–Kier alpha value is -1.36. The molecule has 0 heterocycles. The second-order valence-electron chi connectivity index (χ2n) is 2.94. The topological polar surface area (TPSA) is 60.4 Å². The lowest BCUT2D eigenvalue weighted by Crippen LogP contribution is -2.11. The van der Waals surface area contributed by atoms with Crippen LogP contribution in [0.1, 0.15) is 15.9 Å². The Morgan fingerprint density at radius 1 is 1.36 bits per heavy atom. The summed E-state index contributed by atoms with van der Waals surface area (Å²) in [5, 5.41) is 0. The van der Waals surface area contributed by atoms with Crippen molar-refractivity contribution in [2.75, 3.05) is 6.26 Å². The van der Waals surface area contributed by atoms with Gasteiger partial charge in [-0.2, -0.15) is 8.42 Å². The van der Waals surface area contributed by atoms with E-state index >= 15 is 0 Å². The lowest BCUT2D eigenvalue weighted by molar-refractivity contribution is 0.0748. The predicted molar refractivity (Wildman–Crippen MR) is 51.4 cm³/mol. The van der Waals surface area contributed by atoms with Crippen molar-refractivity contribution in [1.29, 1.82) is 0 Å². The Bertz CT molecular complexity index is 448. The molecule has 76 valence electrons. The molecule has 1 aromatic rings. The van der Waals surface area contributed by atoms with Crippen LogP contribution >= 0.6 is 0 Å². The maximum absolute atomic E-state index is 11.2. The van der Waals surface area contributed by atoms with E-state index in [-0.39, 0.29) is 5.56 Å². The van der Waals surface area contributed by atoms with Crippen molar-refractivity contribution < 1.29 is 17.4 Å². The van der Waals surface area contributed by atoms with Gasteiger partial charge in [-0.25, -0.2) is 4.79 Å². The van der Waals surface area contributed by atoms with E-state index in [9.17, 15) is 13.2 Å². The van der Waals surface area contributed by atoms with Crippen molar-refractivity contribution in [3.05, 3.63) is 35.4 Å². The number of aryl methyl sites for hydroxylation is 1. The SMILES string of the molecule is Cc1cccc(C(=O)OS(C)(=O)=O)c1. The average molecular weight is 214 g/mol. The highest BCUT2D eigenvalue weighted by Crippen LogP contribution is 2.06. The first-order chi connectivity index (χ1) is 6.38. The normalized spacial score (nSPS) is 11.0. The fraction of sp³-hybridized carbons (Fsp3) is 0.222.